The van der Waals surface area contributed by atoms with Crippen LogP contribution in [0.1, 0.15) is 16.8 Å². The zero-order valence-electron chi connectivity index (χ0n) is 9.52. The predicted octanol–water partition coefficient (Wildman–Crippen LogP) is 0.760. The van der Waals surface area contributed by atoms with Gasteiger partial charge in [-0.25, -0.2) is 9.78 Å². The summed E-state index contributed by atoms with van der Waals surface area (Å²) in [5.41, 5.74) is 0.0914. The second-order valence-corrected chi connectivity index (χ2v) is 4.28. The Balaban J connectivity index is 2.33. The molecule has 1 aromatic rings. The van der Waals surface area contributed by atoms with Crippen molar-refractivity contribution < 1.29 is 14.7 Å². The Kier molecular flexibility index (Phi) is 3.66. The summed E-state index contributed by atoms with van der Waals surface area (Å²) in [4.78, 5) is 28.2. The summed E-state index contributed by atoms with van der Waals surface area (Å²) in [7, 11) is 0. The van der Waals surface area contributed by atoms with Crippen molar-refractivity contribution >= 4 is 29.3 Å². The van der Waals surface area contributed by atoms with Crippen molar-refractivity contribution in [2.75, 3.05) is 24.5 Å². The Morgan fingerprint density at radius 2 is 2.22 bits per heavy atom. The van der Waals surface area contributed by atoms with E-state index >= 15 is 0 Å². The first-order chi connectivity index (χ1) is 8.58. The molecule has 1 saturated heterocycles. The molecule has 0 bridgehead atoms. The van der Waals surface area contributed by atoms with Gasteiger partial charge >= 0.3 is 5.97 Å². The lowest BCUT2D eigenvalue weighted by Crippen LogP contribution is -2.30. The number of carbonyl (C=O) groups is 2. The van der Waals surface area contributed by atoms with E-state index in [2.05, 4.69) is 10.3 Å². The second kappa shape index (κ2) is 5.22. The van der Waals surface area contributed by atoms with E-state index in [4.69, 9.17) is 16.7 Å². The summed E-state index contributed by atoms with van der Waals surface area (Å²) >= 11 is 5.80. The van der Waals surface area contributed by atoms with Crippen LogP contribution in [0, 0.1) is 0 Å². The van der Waals surface area contributed by atoms with Crippen molar-refractivity contribution in [1.29, 1.82) is 0 Å². The molecule has 2 N–H and O–H groups in total. The molecular formula is C11H12ClN3O3. The molecule has 0 aromatic carbocycles. The Hall–Kier alpha value is -1.82. The number of carboxylic acid groups (broad SMARTS) is 1. The highest BCUT2D eigenvalue weighted by Gasteiger charge is 2.21. The van der Waals surface area contributed by atoms with Crippen LogP contribution in [0.15, 0.2) is 12.1 Å². The molecule has 1 amide bonds. The van der Waals surface area contributed by atoms with E-state index in [1.165, 1.54) is 12.1 Å². The number of pyridine rings is 1. The van der Waals surface area contributed by atoms with Gasteiger partial charge in [0.15, 0.2) is 0 Å². The van der Waals surface area contributed by atoms with Crippen LogP contribution >= 0.6 is 11.6 Å². The SMILES string of the molecule is O=C1CCN(c2nc(Cl)ccc2C(=O)O)CCN1. The fraction of sp³-hybridized carbons (Fsp3) is 0.364. The van der Waals surface area contributed by atoms with Gasteiger partial charge in [-0.3, -0.25) is 4.79 Å². The fourth-order valence-electron chi connectivity index (χ4n) is 1.81. The highest BCUT2D eigenvalue weighted by Crippen LogP contribution is 2.21. The number of aromatic carboxylic acids is 1. The Bertz CT molecular complexity index is 492. The van der Waals surface area contributed by atoms with Crippen LogP contribution in [0.25, 0.3) is 0 Å². The highest BCUT2D eigenvalue weighted by atomic mass is 35.5. The van der Waals surface area contributed by atoms with Crippen LogP contribution in [-0.2, 0) is 4.79 Å². The topological polar surface area (TPSA) is 82.5 Å². The van der Waals surface area contributed by atoms with Gasteiger partial charge in [0, 0.05) is 26.1 Å². The van der Waals surface area contributed by atoms with Gasteiger partial charge in [0.2, 0.25) is 5.91 Å². The van der Waals surface area contributed by atoms with Gasteiger partial charge in [0.05, 0.1) is 0 Å². The molecular weight excluding hydrogens is 258 g/mol. The molecule has 0 atom stereocenters. The molecule has 2 heterocycles. The molecule has 0 radical (unpaired) electrons. The number of nitrogens with one attached hydrogen (secondary N) is 1. The first kappa shape index (κ1) is 12.6. The standard InChI is InChI=1S/C11H12ClN3O3/c12-8-2-1-7(11(17)18)10(14-8)15-5-3-9(16)13-4-6-15/h1-2H,3-6H2,(H,13,16)(H,17,18). The minimum absolute atomic E-state index is 0.0450. The van der Waals surface area contributed by atoms with Crippen LogP contribution in [0.5, 0.6) is 0 Å². The van der Waals surface area contributed by atoms with Crippen LogP contribution in [0.2, 0.25) is 5.15 Å². The highest BCUT2D eigenvalue weighted by molar-refractivity contribution is 6.29. The van der Waals surface area contributed by atoms with Gasteiger partial charge in [0.25, 0.3) is 0 Å². The zero-order valence-corrected chi connectivity index (χ0v) is 10.3. The van der Waals surface area contributed by atoms with Crippen LogP contribution < -0.4 is 10.2 Å². The summed E-state index contributed by atoms with van der Waals surface area (Å²) in [5, 5.41) is 12.1. The number of anilines is 1. The molecule has 18 heavy (non-hydrogen) atoms. The monoisotopic (exact) mass is 269 g/mol. The van der Waals surface area contributed by atoms with Crippen molar-refractivity contribution in [3.8, 4) is 0 Å². The van der Waals surface area contributed by atoms with E-state index in [-0.39, 0.29) is 16.6 Å². The van der Waals surface area contributed by atoms with Crippen LogP contribution in [0.3, 0.4) is 0 Å². The summed E-state index contributed by atoms with van der Waals surface area (Å²) in [6.07, 6.45) is 0.313. The van der Waals surface area contributed by atoms with Gasteiger partial charge in [0.1, 0.15) is 16.5 Å². The number of hydrogen-bond donors (Lipinski definition) is 2. The van der Waals surface area contributed by atoms with Gasteiger partial charge in [-0.1, -0.05) is 11.6 Å². The van der Waals surface area contributed by atoms with E-state index in [1.54, 1.807) is 4.90 Å². The van der Waals surface area contributed by atoms with E-state index in [0.717, 1.165) is 0 Å². The van der Waals surface area contributed by atoms with Crippen molar-refractivity contribution in [3.63, 3.8) is 0 Å². The van der Waals surface area contributed by atoms with Crippen molar-refractivity contribution in [2.45, 2.75) is 6.42 Å². The van der Waals surface area contributed by atoms with Gasteiger partial charge in [-0.15, -0.1) is 0 Å². The first-order valence-electron chi connectivity index (χ1n) is 5.49. The fourth-order valence-corrected chi connectivity index (χ4v) is 1.96. The number of hydrogen-bond acceptors (Lipinski definition) is 4. The lowest BCUT2D eigenvalue weighted by molar-refractivity contribution is -0.120. The molecule has 0 saturated carbocycles. The second-order valence-electron chi connectivity index (χ2n) is 3.90. The third-order valence-electron chi connectivity index (χ3n) is 2.68. The maximum atomic E-state index is 11.2. The third kappa shape index (κ3) is 2.70. The molecule has 6 nitrogen and oxygen atoms in total. The maximum absolute atomic E-state index is 11.2. The minimum Gasteiger partial charge on any atom is -0.478 e. The quantitative estimate of drug-likeness (QED) is 0.775. The number of carboxylic acids is 1. The summed E-state index contributed by atoms with van der Waals surface area (Å²) < 4.78 is 0. The van der Waals surface area contributed by atoms with Gasteiger partial charge < -0.3 is 15.3 Å². The third-order valence-corrected chi connectivity index (χ3v) is 2.89. The molecule has 0 unspecified atom stereocenters. The summed E-state index contributed by atoms with van der Waals surface area (Å²) in [5.74, 6) is -0.791. The Morgan fingerprint density at radius 1 is 1.44 bits per heavy atom. The molecule has 96 valence electrons. The van der Waals surface area contributed by atoms with Crippen molar-refractivity contribution in [2.24, 2.45) is 0 Å². The normalized spacial score (nSPS) is 16.1. The van der Waals surface area contributed by atoms with Crippen LogP contribution in [-0.4, -0.2) is 41.6 Å². The maximum Gasteiger partial charge on any atom is 0.339 e. The lowest BCUT2D eigenvalue weighted by atomic mass is 10.2. The number of aromatic nitrogens is 1. The molecule has 0 spiro atoms. The molecule has 1 aromatic heterocycles. The predicted molar refractivity (Wildman–Crippen MR) is 66.0 cm³/mol. The summed E-state index contributed by atoms with van der Waals surface area (Å²) in [6.45, 7) is 1.41. The Morgan fingerprint density at radius 3 is 2.94 bits per heavy atom. The first-order valence-corrected chi connectivity index (χ1v) is 5.87. The molecule has 2 rings (SSSR count). The molecule has 1 aliphatic rings. The number of carbonyl (C=O) groups excluding carboxylic acids is 1. The molecule has 1 fully saturated rings. The Labute approximate surface area is 109 Å². The number of rotatable bonds is 2. The van der Waals surface area contributed by atoms with E-state index in [9.17, 15) is 9.59 Å². The van der Waals surface area contributed by atoms with Crippen LogP contribution in [0.4, 0.5) is 5.82 Å². The van der Waals surface area contributed by atoms with E-state index in [0.29, 0.717) is 31.9 Å². The lowest BCUT2D eigenvalue weighted by Gasteiger charge is -2.22. The summed E-state index contributed by atoms with van der Waals surface area (Å²) in [6, 6.07) is 2.86. The molecule has 7 heteroatoms. The van der Waals surface area contributed by atoms with Crippen molar-refractivity contribution in [1.82, 2.24) is 10.3 Å². The van der Waals surface area contributed by atoms with Crippen molar-refractivity contribution in [3.05, 3.63) is 22.8 Å². The molecule has 1 aliphatic heterocycles. The van der Waals surface area contributed by atoms with Gasteiger partial charge in [-0.2, -0.15) is 0 Å². The van der Waals surface area contributed by atoms with Gasteiger partial charge in [-0.05, 0) is 12.1 Å². The van der Waals surface area contributed by atoms with E-state index in [1.807, 2.05) is 0 Å². The number of nitrogens with zero attached hydrogens (tertiary/aromatic N) is 2. The number of halogens is 1. The number of amides is 1. The minimum atomic E-state index is -1.06. The average Bonchev–Trinajstić information content (AvgIpc) is 2.53. The van der Waals surface area contributed by atoms with E-state index < -0.39 is 5.97 Å². The molecule has 0 aliphatic carbocycles. The average molecular weight is 270 g/mol. The largest absolute Gasteiger partial charge is 0.478 e. The zero-order chi connectivity index (χ0) is 13.1. The smallest absolute Gasteiger partial charge is 0.339 e.